The number of anilines is 1. The molecule has 7 heteroatoms. The summed E-state index contributed by atoms with van der Waals surface area (Å²) in [5.74, 6) is -4.71. The summed E-state index contributed by atoms with van der Waals surface area (Å²) in [6.45, 7) is 5.48. The molecular formula is C14H18F3N3O. The minimum absolute atomic E-state index is 0.0782. The molecule has 1 aromatic carbocycles. The number of hydrogen-bond acceptors (Lipinski definition) is 3. The molecule has 1 fully saturated rings. The smallest absolute Gasteiger partial charge is 0.238 e. The van der Waals surface area contributed by atoms with Gasteiger partial charge in [0.15, 0.2) is 17.5 Å². The first-order chi connectivity index (χ1) is 9.86. The lowest BCUT2D eigenvalue weighted by Gasteiger charge is -2.35. The molecule has 116 valence electrons. The van der Waals surface area contributed by atoms with Crippen LogP contribution in [0.25, 0.3) is 0 Å². The highest BCUT2D eigenvalue weighted by Crippen LogP contribution is 2.19. The predicted molar refractivity (Wildman–Crippen MR) is 73.4 cm³/mol. The molecule has 1 amide bonds. The molecule has 0 saturated carbocycles. The van der Waals surface area contributed by atoms with E-state index in [-0.39, 0.29) is 24.3 Å². The van der Waals surface area contributed by atoms with Crippen LogP contribution < -0.4 is 10.6 Å². The minimum atomic E-state index is -1.59. The number of carbonyl (C=O) groups is 1. The van der Waals surface area contributed by atoms with E-state index in [2.05, 4.69) is 10.6 Å². The maximum atomic E-state index is 13.5. The van der Waals surface area contributed by atoms with E-state index in [0.717, 1.165) is 12.1 Å². The Balaban J connectivity index is 1.97. The molecule has 1 saturated heterocycles. The van der Waals surface area contributed by atoms with Crippen LogP contribution in [0, 0.1) is 17.5 Å². The number of hydrogen-bond donors (Lipinski definition) is 2. The van der Waals surface area contributed by atoms with Gasteiger partial charge in [0.2, 0.25) is 5.91 Å². The number of halogens is 3. The number of rotatable bonds is 3. The summed E-state index contributed by atoms with van der Waals surface area (Å²) in [7, 11) is 0. The Hall–Kier alpha value is -1.60. The highest BCUT2D eigenvalue weighted by Gasteiger charge is 2.23. The van der Waals surface area contributed by atoms with Crippen molar-refractivity contribution in [1.29, 1.82) is 0 Å². The average Bonchev–Trinajstić information content (AvgIpc) is 2.38. The maximum absolute atomic E-state index is 13.5. The van der Waals surface area contributed by atoms with Crippen molar-refractivity contribution in [3.63, 3.8) is 0 Å². The molecule has 4 nitrogen and oxygen atoms in total. The number of piperazine rings is 1. The van der Waals surface area contributed by atoms with E-state index in [1.54, 1.807) is 0 Å². The maximum Gasteiger partial charge on any atom is 0.238 e. The third-order valence-electron chi connectivity index (χ3n) is 3.31. The fourth-order valence-corrected chi connectivity index (χ4v) is 2.58. The minimum Gasteiger partial charge on any atom is -0.322 e. The Kier molecular flexibility index (Phi) is 4.84. The quantitative estimate of drug-likeness (QED) is 0.836. The molecule has 2 atom stereocenters. The van der Waals surface area contributed by atoms with Crippen LogP contribution in [0.4, 0.5) is 18.9 Å². The SMILES string of the molecule is CC1CN(CC(=O)Nc2ccc(F)c(F)c2F)CC(C)N1. The van der Waals surface area contributed by atoms with Crippen LogP contribution in [-0.2, 0) is 4.79 Å². The molecule has 2 N–H and O–H groups in total. The molecular weight excluding hydrogens is 283 g/mol. The van der Waals surface area contributed by atoms with Gasteiger partial charge < -0.3 is 10.6 Å². The lowest BCUT2D eigenvalue weighted by Crippen LogP contribution is -2.55. The summed E-state index contributed by atoms with van der Waals surface area (Å²) >= 11 is 0. The van der Waals surface area contributed by atoms with Crippen molar-refractivity contribution >= 4 is 11.6 Å². The highest BCUT2D eigenvalue weighted by molar-refractivity contribution is 5.92. The second kappa shape index (κ2) is 6.44. The Labute approximate surface area is 121 Å². The fourth-order valence-electron chi connectivity index (χ4n) is 2.58. The average molecular weight is 301 g/mol. The summed E-state index contributed by atoms with van der Waals surface area (Å²) in [5.41, 5.74) is -0.352. The van der Waals surface area contributed by atoms with E-state index >= 15 is 0 Å². The van der Waals surface area contributed by atoms with Crippen LogP contribution in [-0.4, -0.2) is 42.5 Å². The zero-order valence-corrected chi connectivity index (χ0v) is 11.9. The van der Waals surface area contributed by atoms with E-state index < -0.39 is 23.4 Å². The first kappa shape index (κ1) is 15.8. The normalized spacial score (nSPS) is 23.1. The number of benzene rings is 1. The molecule has 2 unspecified atom stereocenters. The summed E-state index contributed by atoms with van der Waals surface area (Å²) in [6.07, 6.45) is 0. The highest BCUT2D eigenvalue weighted by atomic mass is 19.2. The molecule has 2 rings (SSSR count). The number of nitrogens with one attached hydrogen (secondary N) is 2. The van der Waals surface area contributed by atoms with E-state index in [9.17, 15) is 18.0 Å². The zero-order valence-electron chi connectivity index (χ0n) is 11.9. The molecule has 0 spiro atoms. The number of amides is 1. The van der Waals surface area contributed by atoms with Crippen molar-refractivity contribution in [2.45, 2.75) is 25.9 Å². The van der Waals surface area contributed by atoms with E-state index in [1.807, 2.05) is 18.7 Å². The first-order valence-electron chi connectivity index (χ1n) is 6.78. The predicted octanol–water partition coefficient (Wildman–Crippen LogP) is 1.72. The van der Waals surface area contributed by atoms with E-state index in [4.69, 9.17) is 0 Å². The third kappa shape index (κ3) is 3.95. The second-order valence-electron chi connectivity index (χ2n) is 5.43. The van der Waals surface area contributed by atoms with E-state index in [0.29, 0.717) is 13.1 Å². The van der Waals surface area contributed by atoms with Gasteiger partial charge in [-0.25, -0.2) is 13.2 Å². The molecule has 0 aliphatic carbocycles. The monoisotopic (exact) mass is 301 g/mol. The summed E-state index contributed by atoms with van der Waals surface area (Å²) in [6, 6.07) is 2.29. The summed E-state index contributed by atoms with van der Waals surface area (Å²) in [5, 5.41) is 5.60. The Morgan fingerprint density at radius 1 is 1.24 bits per heavy atom. The van der Waals surface area contributed by atoms with Gasteiger partial charge in [0.1, 0.15) is 0 Å². The fraction of sp³-hybridized carbons (Fsp3) is 0.500. The topological polar surface area (TPSA) is 44.4 Å². The lowest BCUT2D eigenvalue weighted by molar-refractivity contribution is -0.117. The molecule has 21 heavy (non-hydrogen) atoms. The Bertz CT molecular complexity index is 528. The standard InChI is InChI=1S/C14H18F3N3O/c1-8-5-20(6-9(2)18-8)7-12(21)19-11-4-3-10(15)13(16)14(11)17/h3-4,8-9,18H,5-7H2,1-2H3,(H,19,21). The Morgan fingerprint density at radius 2 is 1.86 bits per heavy atom. The Morgan fingerprint density at radius 3 is 2.48 bits per heavy atom. The van der Waals surface area contributed by atoms with Crippen LogP contribution in [0.1, 0.15) is 13.8 Å². The van der Waals surface area contributed by atoms with Crippen molar-refractivity contribution in [1.82, 2.24) is 10.2 Å². The molecule has 1 aliphatic rings. The molecule has 1 aliphatic heterocycles. The van der Waals surface area contributed by atoms with Gasteiger partial charge in [-0.15, -0.1) is 0 Å². The molecule has 0 aromatic heterocycles. The van der Waals surface area contributed by atoms with Crippen molar-refractivity contribution in [2.75, 3.05) is 25.0 Å². The van der Waals surface area contributed by atoms with Gasteiger partial charge in [-0.2, -0.15) is 0 Å². The third-order valence-corrected chi connectivity index (χ3v) is 3.31. The van der Waals surface area contributed by atoms with Gasteiger partial charge in [0.05, 0.1) is 12.2 Å². The van der Waals surface area contributed by atoms with Gasteiger partial charge in [-0.3, -0.25) is 9.69 Å². The summed E-state index contributed by atoms with van der Waals surface area (Å²) in [4.78, 5) is 13.8. The van der Waals surface area contributed by atoms with Crippen LogP contribution in [0.5, 0.6) is 0 Å². The van der Waals surface area contributed by atoms with Crippen LogP contribution >= 0.6 is 0 Å². The van der Waals surface area contributed by atoms with Gasteiger partial charge in [0.25, 0.3) is 0 Å². The molecule has 0 radical (unpaired) electrons. The van der Waals surface area contributed by atoms with Gasteiger partial charge in [0, 0.05) is 25.2 Å². The lowest BCUT2D eigenvalue weighted by atomic mass is 10.1. The number of carbonyl (C=O) groups excluding carboxylic acids is 1. The van der Waals surface area contributed by atoms with Crippen LogP contribution in [0.15, 0.2) is 12.1 Å². The van der Waals surface area contributed by atoms with Crippen LogP contribution in [0.2, 0.25) is 0 Å². The van der Waals surface area contributed by atoms with Crippen LogP contribution in [0.3, 0.4) is 0 Å². The van der Waals surface area contributed by atoms with Gasteiger partial charge >= 0.3 is 0 Å². The number of nitrogens with zero attached hydrogens (tertiary/aromatic N) is 1. The summed E-state index contributed by atoms with van der Waals surface area (Å²) < 4.78 is 39.4. The first-order valence-corrected chi connectivity index (χ1v) is 6.78. The van der Waals surface area contributed by atoms with Gasteiger partial charge in [-0.1, -0.05) is 0 Å². The van der Waals surface area contributed by atoms with E-state index in [1.165, 1.54) is 0 Å². The van der Waals surface area contributed by atoms with Crippen molar-refractivity contribution in [2.24, 2.45) is 0 Å². The van der Waals surface area contributed by atoms with Crippen molar-refractivity contribution in [3.8, 4) is 0 Å². The largest absolute Gasteiger partial charge is 0.322 e. The van der Waals surface area contributed by atoms with Crippen molar-refractivity contribution < 1.29 is 18.0 Å². The van der Waals surface area contributed by atoms with Gasteiger partial charge in [-0.05, 0) is 26.0 Å². The zero-order chi connectivity index (χ0) is 15.6. The van der Waals surface area contributed by atoms with Crippen molar-refractivity contribution in [3.05, 3.63) is 29.6 Å². The second-order valence-corrected chi connectivity index (χ2v) is 5.43. The molecule has 1 heterocycles. The molecule has 1 aromatic rings. The molecule has 0 bridgehead atoms.